The van der Waals surface area contributed by atoms with Gasteiger partial charge in [0.25, 0.3) is 0 Å². The number of nitrogens with one attached hydrogen (secondary N) is 1. The summed E-state index contributed by atoms with van der Waals surface area (Å²) in [6.07, 6.45) is -1.53. The molecule has 3 nitrogen and oxygen atoms in total. The van der Waals surface area contributed by atoms with Crippen molar-refractivity contribution in [2.24, 2.45) is 0 Å². The lowest BCUT2D eigenvalue weighted by Gasteiger charge is -2.18. The zero-order chi connectivity index (χ0) is 12.1. The molecule has 0 fully saturated rings. The Bertz CT molecular complexity index is 349. The van der Waals surface area contributed by atoms with Crippen LogP contribution in [-0.4, -0.2) is 29.9 Å². The van der Waals surface area contributed by atoms with E-state index >= 15 is 0 Å². The molecular formula is C11H15ClFNO2. The summed E-state index contributed by atoms with van der Waals surface area (Å²) < 4.78 is 12.9. The molecule has 0 bridgehead atoms. The van der Waals surface area contributed by atoms with Gasteiger partial charge < -0.3 is 15.5 Å². The number of aliphatic hydroxyl groups excluding tert-OH is 2. The van der Waals surface area contributed by atoms with Crippen molar-refractivity contribution in [3.8, 4) is 0 Å². The first-order chi connectivity index (χ1) is 7.56. The van der Waals surface area contributed by atoms with Gasteiger partial charge in [-0.15, -0.1) is 0 Å². The number of rotatable bonds is 5. The molecule has 0 aliphatic rings. The van der Waals surface area contributed by atoms with Gasteiger partial charge in [0.05, 0.1) is 11.1 Å². The van der Waals surface area contributed by atoms with Crippen LogP contribution in [0.4, 0.5) is 4.39 Å². The molecular weight excluding hydrogens is 233 g/mol. The maximum Gasteiger partial charge on any atom is 0.141 e. The maximum atomic E-state index is 12.9. The van der Waals surface area contributed by atoms with Crippen molar-refractivity contribution >= 4 is 11.6 Å². The van der Waals surface area contributed by atoms with Gasteiger partial charge in [0.2, 0.25) is 0 Å². The van der Waals surface area contributed by atoms with Gasteiger partial charge >= 0.3 is 0 Å². The first-order valence-electron chi connectivity index (χ1n) is 5.02. The topological polar surface area (TPSA) is 52.5 Å². The SMILES string of the molecule is CNCCC(O)C(O)c1ccc(F)c(Cl)c1. The molecule has 0 heterocycles. The number of halogens is 2. The Kier molecular flexibility index (Phi) is 5.15. The van der Waals surface area contributed by atoms with Gasteiger partial charge in [-0.1, -0.05) is 17.7 Å². The molecule has 1 aromatic rings. The van der Waals surface area contributed by atoms with E-state index in [4.69, 9.17) is 11.6 Å². The minimum atomic E-state index is -1.05. The fourth-order valence-electron chi connectivity index (χ4n) is 1.37. The van der Waals surface area contributed by atoms with Gasteiger partial charge in [-0.25, -0.2) is 4.39 Å². The van der Waals surface area contributed by atoms with Crippen LogP contribution in [0.1, 0.15) is 18.1 Å². The minimum absolute atomic E-state index is 0.0580. The summed E-state index contributed by atoms with van der Waals surface area (Å²) in [5, 5.41) is 22.2. The third-order valence-corrected chi connectivity index (χ3v) is 2.63. The van der Waals surface area contributed by atoms with Gasteiger partial charge in [-0.3, -0.25) is 0 Å². The fourth-order valence-corrected chi connectivity index (χ4v) is 1.56. The first-order valence-corrected chi connectivity index (χ1v) is 5.39. The van der Waals surface area contributed by atoms with Crippen LogP contribution in [0.2, 0.25) is 5.02 Å². The largest absolute Gasteiger partial charge is 0.390 e. The lowest BCUT2D eigenvalue weighted by Crippen LogP contribution is -2.23. The van der Waals surface area contributed by atoms with E-state index in [1.54, 1.807) is 7.05 Å². The van der Waals surface area contributed by atoms with Crippen LogP contribution >= 0.6 is 11.6 Å². The van der Waals surface area contributed by atoms with Crippen LogP contribution in [0.15, 0.2) is 18.2 Å². The van der Waals surface area contributed by atoms with Gasteiger partial charge in [0, 0.05) is 0 Å². The molecule has 1 rings (SSSR count). The summed E-state index contributed by atoms with van der Waals surface area (Å²) in [5.41, 5.74) is 0.412. The smallest absolute Gasteiger partial charge is 0.141 e. The number of aliphatic hydroxyl groups is 2. The van der Waals surface area contributed by atoms with Crippen LogP contribution < -0.4 is 5.32 Å². The van der Waals surface area contributed by atoms with Crippen LogP contribution in [-0.2, 0) is 0 Å². The highest BCUT2D eigenvalue weighted by molar-refractivity contribution is 6.30. The second-order valence-corrected chi connectivity index (χ2v) is 3.99. The van der Waals surface area contributed by atoms with Crippen LogP contribution in [0.3, 0.4) is 0 Å². The van der Waals surface area contributed by atoms with Crippen molar-refractivity contribution in [2.45, 2.75) is 18.6 Å². The summed E-state index contributed by atoms with van der Waals surface area (Å²) in [4.78, 5) is 0. The van der Waals surface area contributed by atoms with Crippen molar-refractivity contribution < 1.29 is 14.6 Å². The lowest BCUT2D eigenvalue weighted by molar-refractivity contribution is 0.0140. The van der Waals surface area contributed by atoms with Crippen molar-refractivity contribution in [2.75, 3.05) is 13.6 Å². The third kappa shape index (κ3) is 3.42. The van der Waals surface area contributed by atoms with E-state index < -0.39 is 18.0 Å². The van der Waals surface area contributed by atoms with E-state index in [1.165, 1.54) is 18.2 Å². The standard InChI is InChI=1S/C11H15ClFNO2/c1-14-5-4-10(15)11(16)7-2-3-9(13)8(12)6-7/h2-3,6,10-11,14-16H,4-5H2,1H3. The number of benzene rings is 1. The van der Waals surface area contributed by atoms with E-state index in [0.29, 0.717) is 18.5 Å². The summed E-state index contributed by atoms with van der Waals surface area (Å²) in [6.45, 7) is 0.590. The molecule has 1 aromatic carbocycles. The van der Waals surface area contributed by atoms with Crippen molar-refractivity contribution in [1.82, 2.24) is 5.32 Å². The fraction of sp³-hybridized carbons (Fsp3) is 0.455. The molecule has 3 N–H and O–H groups in total. The number of hydrogen-bond donors (Lipinski definition) is 3. The number of hydrogen-bond acceptors (Lipinski definition) is 3. The Labute approximate surface area is 98.9 Å². The Balaban J connectivity index is 2.71. The summed E-state index contributed by atoms with van der Waals surface area (Å²) >= 11 is 5.59. The van der Waals surface area contributed by atoms with Crippen molar-refractivity contribution in [3.05, 3.63) is 34.6 Å². The van der Waals surface area contributed by atoms with E-state index in [9.17, 15) is 14.6 Å². The minimum Gasteiger partial charge on any atom is -0.390 e. The molecule has 2 atom stereocenters. The second-order valence-electron chi connectivity index (χ2n) is 3.58. The molecule has 90 valence electrons. The molecule has 0 spiro atoms. The Morgan fingerprint density at radius 1 is 1.44 bits per heavy atom. The van der Waals surface area contributed by atoms with Crippen molar-refractivity contribution in [3.63, 3.8) is 0 Å². The van der Waals surface area contributed by atoms with E-state index in [-0.39, 0.29) is 5.02 Å². The molecule has 0 aliphatic carbocycles. The molecule has 0 saturated heterocycles. The van der Waals surface area contributed by atoms with E-state index in [0.717, 1.165) is 0 Å². The zero-order valence-electron chi connectivity index (χ0n) is 8.95. The van der Waals surface area contributed by atoms with Gasteiger partial charge in [-0.05, 0) is 37.7 Å². The zero-order valence-corrected chi connectivity index (χ0v) is 9.71. The van der Waals surface area contributed by atoms with E-state index in [1.807, 2.05) is 0 Å². The molecule has 0 saturated carbocycles. The van der Waals surface area contributed by atoms with Gasteiger partial charge in [-0.2, -0.15) is 0 Å². The van der Waals surface area contributed by atoms with Crippen molar-refractivity contribution in [1.29, 1.82) is 0 Å². The highest BCUT2D eigenvalue weighted by atomic mass is 35.5. The Morgan fingerprint density at radius 3 is 2.69 bits per heavy atom. The van der Waals surface area contributed by atoms with E-state index in [2.05, 4.69) is 5.32 Å². The Hall–Kier alpha value is -0.680. The Morgan fingerprint density at radius 2 is 2.12 bits per heavy atom. The predicted molar refractivity (Wildman–Crippen MR) is 60.9 cm³/mol. The van der Waals surface area contributed by atoms with Crippen LogP contribution in [0.25, 0.3) is 0 Å². The molecule has 0 aliphatic heterocycles. The molecule has 5 heteroatoms. The monoisotopic (exact) mass is 247 g/mol. The normalized spacial score (nSPS) is 14.8. The molecule has 0 aromatic heterocycles. The van der Waals surface area contributed by atoms with Crippen LogP contribution in [0, 0.1) is 5.82 Å². The molecule has 16 heavy (non-hydrogen) atoms. The van der Waals surface area contributed by atoms with Crippen LogP contribution in [0.5, 0.6) is 0 Å². The van der Waals surface area contributed by atoms with Gasteiger partial charge in [0.1, 0.15) is 11.9 Å². The highest BCUT2D eigenvalue weighted by Crippen LogP contribution is 2.23. The summed E-state index contributed by atoms with van der Waals surface area (Å²) in [6, 6.07) is 3.91. The predicted octanol–water partition coefficient (Wildman–Crippen LogP) is 1.48. The summed E-state index contributed by atoms with van der Waals surface area (Å²) in [7, 11) is 1.76. The lowest BCUT2D eigenvalue weighted by atomic mass is 10.0. The molecule has 2 unspecified atom stereocenters. The quantitative estimate of drug-likeness (QED) is 0.739. The van der Waals surface area contributed by atoms with Gasteiger partial charge in [0.15, 0.2) is 0 Å². The highest BCUT2D eigenvalue weighted by Gasteiger charge is 2.18. The molecule has 0 amide bonds. The average molecular weight is 248 g/mol. The summed E-state index contributed by atoms with van der Waals surface area (Å²) in [5.74, 6) is -0.540. The average Bonchev–Trinajstić information content (AvgIpc) is 2.28. The molecule has 0 radical (unpaired) electrons. The third-order valence-electron chi connectivity index (χ3n) is 2.34. The first kappa shape index (κ1) is 13.4. The maximum absolute atomic E-state index is 12.9. The second kappa shape index (κ2) is 6.15.